The van der Waals surface area contributed by atoms with Crippen molar-refractivity contribution < 1.29 is 14.3 Å². The van der Waals surface area contributed by atoms with E-state index < -0.39 is 6.10 Å². The molecule has 112 valence electrons. The van der Waals surface area contributed by atoms with E-state index in [1.165, 1.54) is 0 Å². The van der Waals surface area contributed by atoms with Crippen LogP contribution in [-0.2, 0) is 11.3 Å². The Balaban J connectivity index is 1.68. The van der Waals surface area contributed by atoms with Crippen molar-refractivity contribution in [1.29, 1.82) is 0 Å². The predicted octanol–water partition coefficient (Wildman–Crippen LogP) is 2.34. The third-order valence-electron chi connectivity index (χ3n) is 3.46. The maximum Gasteiger partial charge on any atom is 0.265 e. The van der Waals surface area contributed by atoms with Crippen molar-refractivity contribution in [2.45, 2.75) is 19.6 Å². The number of nitrogens with one attached hydrogen (secondary N) is 2. The van der Waals surface area contributed by atoms with E-state index in [4.69, 9.17) is 4.74 Å². The lowest BCUT2D eigenvalue weighted by atomic mass is 10.1. The monoisotopic (exact) mass is 296 g/mol. The van der Waals surface area contributed by atoms with Gasteiger partial charge in [-0.1, -0.05) is 24.3 Å². The minimum Gasteiger partial charge on any atom is -0.479 e. The van der Waals surface area contributed by atoms with E-state index in [1.54, 1.807) is 25.1 Å². The Morgan fingerprint density at radius 3 is 2.77 bits per heavy atom. The average Bonchev–Trinajstić information content (AvgIpc) is 2.54. The number of carbonyl (C=O) groups excluding carboxylic acids is 2. The molecular formula is C17H16N2O3. The summed E-state index contributed by atoms with van der Waals surface area (Å²) in [5.41, 5.74) is 2.14. The van der Waals surface area contributed by atoms with Gasteiger partial charge in [-0.3, -0.25) is 9.59 Å². The largest absolute Gasteiger partial charge is 0.479 e. The zero-order valence-electron chi connectivity index (χ0n) is 12.1. The fourth-order valence-electron chi connectivity index (χ4n) is 2.24. The van der Waals surface area contributed by atoms with Crippen LogP contribution in [0.4, 0.5) is 5.69 Å². The lowest BCUT2D eigenvalue weighted by molar-refractivity contribution is -0.122. The molecule has 1 aliphatic rings. The van der Waals surface area contributed by atoms with Gasteiger partial charge >= 0.3 is 0 Å². The first-order valence-electron chi connectivity index (χ1n) is 7.07. The molecule has 0 bridgehead atoms. The minimum absolute atomic E-state index is 0.132. The molecule has 2 amide bonds. The van der Waals surface area contributed by atoms with Crippen molar-refractivity contribution in [3.8, 4) is 5.75 Å². The first-order valence-corrected chi connectivity index (χ1v) is 7.07. The van der Waals surface area contributed by atoms with Crippen LogP contribution in [0.2, 0.25) is 0 Å². The van der Waals surface area contributed by atoms with Gasteiger partial charge in [0, 0.05) is 12.1 Å². The third kappa shape index (κ3) is 2.93. The minimum atomic E-state index is -0.490. The van der Waals surface area contributed by atoms with Crippen LogP contribution >= 0.6 is 0 Å². The predicted molar refractivity (Wildman–Crippen MR) is 82.8 cm³/mol. The van der Waals surface area contributed by atoms with Crippen molar-refractivity contribution >= 4 is 17.5 Å². The number of rotatable bonds is 3. The number of fused-ring (bicyclic) bond motifs is 1. The van der Waals surface area contributed by atoms with Crippen molar-refractivity contribution in [3.05, 3.63) is 59.7 Å². The van der Waals surface area contributed by atoms with Gasteiger partial charge in [-0.25, -0.2) is 0 Å². The third-order valence-corrected chi connectivity index (χ3v) is 3.46. The highest BCUT2D eigenvalue weighted by atomic mass is 16.5. The topological polar surface area (TPSA) is 67.4 Å². The van der Waals surface area contributed by atoms with Crippen LogP contribution in [0.1, 0.15) is 22.8 Å². The Bertz CT molecular complexity index is 713. The molecule has 0 aliphatic carbocycles. The number of hydrogen-bond donors (Lipinski definition) is 2. The number of ether oxygens (including phenoxy) is 1. The van der Waals surface area contributed by atoms with E-state index in [2.05, 4.69) is 10.6 Å². The van der Waals surface area contributed by atoms with E-state index in [0.717, 1.165) is 5.56 Å². The number of hydrogen-bond acceptors (Lipinski definition) is 3. The summed E-state index contributed by atoms with van der Waals surface area (Å²) in [4.78, 5) is 23.6. The SMILES string of the molecule is CC1Oc2ccc(CNC(=O)c3ccccc3)cc2NC1=O. The van der Waals surface area contributed by atoms with E-state index in [0.29, 0.717) is 23.5 Å². The van der Waals surface area contributed by atoms with Crippen molar-refractivity contribution in [1.82, 2.24) is 5.32 Å². The van der Waals surface area contributed by atoms with Crippen molar-refractivity contribution in [2.24, 2.45) is 0 Å². The highest BCUT2D eigenvalue weighted by molar-refractivity contribution is 5.97. The molecular weight excluding hydrogens is 280 g/mol. The van der Waals surface area contributed by atoms with Gasteiger partial charge < -0.3 is 15.4 Å². The van der Waals surface area contributed by atoms with Gasteiger partial charge in [0.25, 0.3) is 11.8 Å². The molecule has 1 heterocycles. The molecule has 1 aliphatic heterocycles. The summed E-state index contributed by atoms with van der Waals surface area (Å²) in [5.74, 6) is 0.343. The quantitative estimate of drug-likeness (QED) is 0.913. The molecule has 1 unspecified atom stereocenters. The first-order chi connectivity index (χ1) is 10.6. The standard InChI is InChI=1S/C17H16N2O3/c1-11-16(20)19-14-9-12(7-8-15(14)22-11)10-18-17(21)13-5-3-2-4-6-13/h2-9,11H,10H2,1H3,(H,18,21)(H,19,20). The van der Waals surface area contributed by atoms with E-state index in [1.807, 2.05) is 30.3 Å². The van der Waals surface area contributed by atoms with E-state index >= 15 is 0 Å². The first kappa shape index (κ1) is 14.1. The number of anilines is 1. The Kier molecular flexibility index (Phi) is 3.78. The summed E-state index contributed by atoms with van der Waals surface area (Å²) >= 11 is 0. The van der Waals surface area contributed by atoms with Crippen LogP contribution in [0.3, 0.4) is 0 Å². The Labute approximate surface area is 128 Å². The second kappa shape index (κ2) is 5.89. The molecule has 22 heavy (non-hydrogen) atoms. The lowest BCUT2D eigenvalue weighted by Gasteiger charge is -2.23. The van der Waals surface area contributed by atoms with Gasteiger partial charge in [0.1, 0.15) is 5.75 Å². The van der Waals surface area contributed by atoms with E-state index in [9.17, 15) is 9.59 Å². The molecule has 0 saturated carbocycles. The average molecular weight is 296 g/mol. The summed E-state index contributed by atoms with van der Waals surface area (Å²) in [5, 5.41) is 5.64. The van der Waals surface area contributed by atoms with Crippen molar-refractivity contribution in [3.63, 3.8) is 0 Å². The number of amides is 2. The molecule has 0 saturated heterocycles. The van der Waals surface area contributed by atoms with Gasteiger partial charge in [0.05, 0.1) is 5.69 Å². The Morgan fingerprint density at radius 1 is 1.23 bits per heavy atom. The van der Waals surface area contributed by atoms with Gasteiger partial charge in [-0.15, -0.1) is 0 Å². The molecule has 5 heteroatoms. The Morgan fingerprint density at radius 2 is 2.00 bits per heavy atom. The Hall–Kier alpha value is -2.82. The smallest absolute Gasteiger partial charge is 0.265 e. The van der Waals surface area contributed by atoms with Gasteiger partial charge in [-0.05, 0) is 36.8 Å². The molecule has 2 N–H and O–H groups in total. The second-order valence-corrected chi connectivity index (χ2v) is 5.13. The second-order valence-electron chi connectivity index (χ2n) is 5.13. The van der Waals surface area contributed by atoms with Gasteiger partial charge in [0.15, 0.2) is 6.10 Å². The molecule has 5 nitrogen and oxygen atoms in total. The van der Waals surface area contributed by atoms with Gasteiger partial charge in [-0.2, -0.15) is 0 Å². The molecule has 2 aromatic rings. The van der Waals surface area contributed by atoms with Crippen LogP contribution in [-0.4, -0.2) is 17.9 Å². The molecule has 1 atom stereocenters. The summed E-state index contributed by atoms with van der Waals surface area (Å²) < 4.78 is 5.49. The molecule has 0 fully saturated rings. The van der Waals surface area contributed by atoms with Crippen LogP contribution < -0.4 is 15.4 Å². The lowest BCUT2D eigenvalue weighted by Crippen LogP contribution is -2.34. The molecule has 3 rings (SSSR count). The summed E-state index contributed by atoms with van der Waals surface area (Å²) in [6.07, 6.45) is -0.490. The molecule has 2 aromatic carbocycles. The zero-order valence-corrected chi connectivity index (χ0v) is 12.1. The maximum atomic E-state index is 12.0. The highest BCUT2D eigenvalue weighted by Crippen LogP contribution is 2.30. The highest BCUT2D eigenvalue weighted by Gasteiger charge is 2.23. The molecule has 0 aromatic heterocycles. The van der Waals surface area contributed by atoms with Gasteiger partial charge in [0.2, 0.25) is 0 Å². The van der Waals surface area contributed by atoms with Crippen LogP contribution in [0, 0.1) is 0 Å². The van der Waals surface area contributed by atoms with Crippen LogP contribution in [0.25, 0.3) is 0 Å². The van der Waals surface area contributed by atoms with Crippen LogP contribution in [0.5, 0.6) is 5.75 Å². The number of benzene rings is 2. The normalized spacial score (nSPS) is 16.2. The fraction of sp³-hybridized carbons (Fsp3) is 0.176. The van der Waals surface area contributed by atoms with Crippen LogP contribution in [0.15, 0.2) is 48.5 Å². The number of carbonyl (C=O) groups is 2. The summed E-state index contributed by atoms with van der Waals surface area (Å²) in [7, 11) is 0. The fourth-order valence-corrected chi connectivity index (χ4v) is 2.24. The zero-order chi connectivity index (χ0) is 15.5. The maximum absolute atomic E-state index is 12.0. The molecule has 0 spiro atoms. The summed E-state index contributed by atoms with van der Waals surface area (Å²) in [6, 6.07) is 14.5. The van der Waals surface area contributed by atoms with Crippen molar-refractivity contribution in [2.75, 3.05) is 5.32 Å². The van der Waals surface area contributed by atoms with E-state index in [-0.39, 0.29) is 11.8 Å². The molecule has 0 radical (unpaired) electrons. The summed E-state index contributed by atoms with van der Waals surface area (Å²) in [6.45, 7) is 2.08.